The number of methoxy groups -OCH3 is 1. The molecule has 0 radical (unpaired) electrons. The number of carbonyl (C=O) groups is 1. The third-order valence-corrected chi connectivity index (χ3v) is 4.17. The molecule has 4 heteroatoms. The van der Waals surface area contributed by atoms with Crippen LogP contribution in [0.5, 0.6) is 5.75 Å². The Balaban J connectivity index is 2.13. The van der Waals surface area contributed by atoms with Gasteiger partial charge in [-0.05, 0) is 50.8 Å². The molecule has 1 aliphatic heterocycles. The highest BCUT2D eigenvalue weighted by molar-refractivity contribution is 5.94. The molecule has 4 nitrogen and oxygen atoms in total. The number of piperidine rings is 1. The van der Waals surface area contributed by atoms with Crippen molar-refractivity contribution in [2.24, 2.45) is 5.92 Å². The zero-order valence-corrected chi connectivity index (χ0v) is 14.1. The zero-order chi connectivity index (χ0) is 16.1. The van der Waals surface area contributed by atoms with Crippen LogP contribution in [0.2, 0.25) is 0 Å². The molecule has 0 unspecified atom stereocenters. The van der Waals surface area contributed by atoms with E-state index in [1.807, 2.05) is 36.9 Å². The highest BCUT2D eigenvalue weighted by Crippen LogP contribution is 2.24. The molecule has 1 fully saturated rings. The summed E-state index contributed by atoms with van der Waals surface area (Å²) in [6, 6.07) is 5.61. The van der Waals surface area contributed by atoms with E-state index in [1.54, 1.807) is 7.11 Å². The molecule has 0 saturated carbocycles. The van der Waals surface area contributed by atoms with Gasteiger partial charge < -0.3 is 14.4 Å². The predicted molar refractivity (Wildman–Crippen MR) is 87.2 cm³/mol. The quantitative estimate of drug-likeness (QED) is 0.836. The Bertz CT molecular complexity index is 505. The second kappa shape index (κ2) is 7.63. The van der Waals surface area contributed by atoms with Gasteiger partial charge in [0.05, 0.1) is 19.8 Å². The Labute approximate surface area is 133 Å². The summed E-state index contributed by atoms with van der Waals surface area (Å²) in [5.74, 6) is 1.60. The molecule has 0 spiro atoms. The molecule has 0 aliphatic carbocycles. The number of carbonyl (C=O) groups excluding carboxylic acids is 1. The van der Waals surface area contributed by atoms with Crippen LogP contribution >= 0.6 is 0 Å². The third kappa shape index (κ3) is 4.23. The molecule has 0 atom stereocenters. The fourth-order valence-electron chi connectivity index (χ4n) is 2.68. The molecular formula is C18H27NO3. The van der Waals surface area contributed by atoms with E-state index in [0.29, 0.717) is 6.61 Å². The molecule has 22 heavy (non-hydrogen) atoms. The normalized spacial score (nSPS) is 16.1. The number of rotatable bonds is 5. The van der Waals surface area contributed by atoms with E-state index in [4.69, 9.17) is 9.47 Å². The first kappa shape index (κ1) is 16.8. The average molecular weight is 305 g/mol. The van der Waals surface area contributed by atoms with Gasteiger partial charge in [-0.2, -0.15) is 0 Å². The van der Waals surface area contributed by atoms with E-state index >= 15 is 0 Å². The lowest BCUT2D eigenvalue weighted by atomic mass is 9.98. The van der Waals surface area contributed by atoms with Crippen LogP contribution in [0.25, 0.3) is 0 Å². The summed E-state index contributed by atoms with van der Waals surface area (Å²) in [6.07, 6.45) is 2.32. The number of hydrogen-bond donors (Lipinski definition) is 0. The highest BCUT2D eigenvalue weighted by atomic mass is 16.5. The summed E-state index contributed by atoms with van der Waals surface area (Å²) >= 11 is 0. The molecule has 0 N–H and O–H groups in total. The lowest BCUT2D eigenvalue weighted by molar-refractivity contribution is 0.0640. The van der Waals surface area contributed by atoms with Crippen LogP contribution in [0.1, 0.15) is 49.5 Å². The largest absolute Gasteiger partial charge is 0.496 e. The number of hydrogen-bond acceptors (Lipinski definition) is 3. The molecule has 1 aliphatic rings. The SMILES string of the molecule is COc1ccc(C(=O)N2CCC(C)CC2)cc1COC(C)C. The molecule has 1 amide bonds. The maximum atomic E-state index is 12.6. The Morgan fingerprint density at radius 3 is 2.59 bits per heavy atom. The summed E-state index contributed by atoms with van der Waals surface area (Å²) in [7, 11) is 1.64. The smallest absolute Gasteiger partial charge is 0.253 e. The number of likely N-dealkylation sites (tertiary alicyclic amines) is 1. The summed E-state index contributed by atoms with van der Waals surface area (Å²) in [5.41, 5.74) is 1.64. The third-order valence-electron chi connectivity index (χ3n) is 4.17. The van der Waals surface area contributed by atoms with Crippen molar-refractivity contribution < 1.29 is 14.3 Å². The number of ether oxygens (including phenoxy) is 2. The molecule has 1 saturated heterocycles. The van der Waals surface area contributed by atoms with Gasteiger partial charge in [0.2, 0.25) is 0 Å². The number of nitrogens with zero attached hydrogens (tertiary/aromatic N) is 1. The molecular weight excluding hydrogens is 278 g/mol. The van der Waals surface area contributed by atoms with Crippen LogP contribution < -0.4 is 4.74 Å². The van der Waals surface area contributed by atoms with Crippen molar-refractivity contribution in [3.05, 3.63) is 29.3 Å². The van der Waals surface area contributed by atoms with Gasteiger partial charge in [-0.3, -0.25) is 4.79 Å². The Kier molecular flexibility index (Phi) is 5.83. The van der Waals surface area contributed by atoms with Crippen LogP contribution in [-0.2, 0) is 11.3 Å². The van der Waals surface area contributed by atoms with Crippen LogP contribution in [0.15, 0.2) is 18.2 Å². The average Bonchev–Trinajstić information content (AvgIpc) is 2.52. The molecule has 0 bridgehead atoms. The van der Waals surface area contributed by atoms with Gasteiger partial charge in [0.15, 0.2) is 0 Å². The van der Waals surface area contributed by atoms with Crippen molar-refractivity contribution in [2.75, 3.05) is 20.2 Å². The molecule has 122 valence electrons. The van der Waals surface area contributed by atoms with Crippen LogP contribution in [0.3, 0.4) is 0 Å². The van der Waals surface area contributed by atoms with E-state index in [0.717, 1.165) is 48.7 Å². The minimum atomic E-state index is 0.111. The lowest BCUT2D eigenvalue weighted by Gasteiger charge is -2.30. The maximum absolute atomic E-state index is 12.6. The lowest BCUT2D eigenvalue weighted by Crippen LogP contribution is -2.37. The van der Waals surface area contributed by atoms with Gasteiger partial charge in [0.25, 0.3) is 5.91 Å². The van der Waals surface area contributed by atoms with Gasteiger partial charge in [-0.1, -0.05) is 6.92 Å². The van der Waals surface area contributed by atoms with Crippen molar-refractivity contribution in [2.45, 2.75) is 46.3 Å². The Morgan fingerprint density at radius 2 is 2.00 bits per heavy atom. The molecule has 1 heterocycles. The molecule has 2 rings (SSSR count). The first-order valence-corrected chi connectivity index (χ1v) is 8.09. The summed E-state index contributed by atoms with van der Waals surface area (Å²) in [6.45, 7) is 8.40. The summed E-state index contributed by atoms with van der Waals surface area (Å²) in [4.78, 5) is 14.6. The van der Waals surface area contributed by atoms with Crippen molar-refractivity contribution in [3.63, 3.8) is 0 Å². The number of benzene rings is 1. The van der Waals surface area contributed by atoms with E-state index in [1.165, 1.54) is 0 Å². The molecule has 0 aromatic heterocycles. The second-order valence-electron chi connectivity index (χ2n) is 6.36. The molecule has 1 aromatic rings. The van der Waals surface area contributed by atoms with E-state index in [-0.39, 0.29) is 12.0 Å². The van der Waals surface area contributed by atoms with Gasteiger partial charge >= 0.3 is 0 Å². The Hall–Kier alpha value is -1.55. The van der Waals surface area contributed by atoms with Crippen molar-refractivity contribution in [1.82, 2.24) is 4.90 Å². The van der Waals surface area contributed by atoms with Gasteiger partial charge in [0.1, 0.15) is 5.75 Å². The second-order valence-corrected chi connectivity index (χ2v) is 6.36. The van der Waals surface area contributed by atoms with Gasteiger partial charge in [-0.15, -0.1) is 0 Å². The zero-order valence-electron chi connectivity index (χ0n) is 14.1. The predicted octanol–water partition coefficient (Wildman–Crippen LogP) is 3.49. The topological polar surface area (TPSA) is 38.8 Å². The van der Waals surface area contributed by atoms with Crippen LogP contribution in [0, 0.1) is 5.92 Å². The van der Waals surface area contributed by atoms with Crippen molar-refractivity contribution in [3.8, 4) is 5.75 Å². The van der Waals surface area contributed by atoms with Crippen molar-refractivity contribution in [1.29, 1.82) is 0 Å². The first-order chi connectivity index (χ1) is 10.5. The fourth-order valence-corrected chi connectivity index (χ4v) is 2.68. The first-order valence-electron chi connectivity index (χ1n) is 8.09. The monoisotopic (exact) mass is 305 g/mol. The van der Waals surface area contributed by atoms with Crippen LogP contribution in [0.4, 0.5) is 0 Å². The molecule has 1 aromatic carbocycles. The van der Waals surface area contributed by atoms with E-state index < -0.39 is 0 Å². The Morgan fingerprint density at radius 1 is 1.32 bits per heavy atom. The summed E-state index contributed by atoms with van der Waals surface area (Å²) in [5, 5.41) is 0. The minimum absolute atomic E-state index is 0.111. The van der Waals surface area contributed by atoms with Gasteiger partial charge in [-0.25, -0.2) is 0 Å². The van der Waals surface area contributed by atoms with Crippen LogP contribution in [-0.4, -0.2) is 37.1 Å². The van der Waals surface area contributed by atoms with Crippen molar-refractivity contribution >= 4 is 5.91 Å². The summed E-state index contributed by atoms with van der Waals surface area (Å²) < 4.78 is 11.0. The fraction of sp³-hybridized carbons (Fsp3) is 0.611. The van der Waals surface area contributed by atoms with E-state index in [9.17, 15) is 4.79 Å². The maximum Gasteiger partial charge on any atom is 0.253 e. The van der Waals surface area contributed by atoms with E-state index in [2.05, 4.69) is 6.92 Å². The minimum Gasteiger partial charge on any atom is -0.496 e. The van der Waals surface area contributed by atoms with Gasteiger partial charge in [0, 0.05) is 24.2 Å². The number of amides is 1. The highest BCUT2D eigenvalue weighted by Gasteiger charge is 2.22. The standard InChI is InChI=1S/C18H27NO3/c1-13(2)22-12-16-11-15(5-6-17(16)21-4)18(20)19-9-7-14(3)8-10-19/h5-6,11,13-14H,7-10,12H2,1-4H3.